The fourth-order valence-electron chi connectivity index (χ4n) is 3.64. The third-order valence-corrected chi connectivity index (χ3v) is 4.86. The average Bonchev–Trinajstić information content (AvgIpc) is 2.39. The summed E-state index contributed by atoms with van der Waals surface area (Å²) in [6.45, 7) is 9.43. The SMILES string of the molecule is Cc1cc2oc(=O)cc(CN3C[C@H](C)C[C@@H](C)C3)c2cc1Cl. The second kappa shape index (κ2) is 6.05. The summed E-state index contributed by atoms with van der Waals surface area (Å²) in [6, 6.07) is 5.38. The van der Waals surface area contributed by atoms with Gasteiger partial charge in [0.25, 0.3) is 0 Å². The van der Waals surface area contributed by atoms with Crippen LogP contribution < -0.4 is 5.63 Å². The largest absolute Gasteiger partial charge is 0.423 e. The zero-order valence-electron chi connectivity index (χ0n) is 13.4. The van der Waals surface area contributed by atoms with Crippen LogP contribution in [0.2, 0.25) is 5.02 Å². The summed E-state index contributed by atoms with van der Waals surface area (Å²) in [5, 5.41) is 1.66. The predicted molar refractivity (Wildman–Crippen MR) is 90.5 cm³/mol. The van der Waals surface area contributed by atoms with Gasteiger partial charge in [-0.1, -0.05) is 25.4 Å². The van der Waals surface area contributed by atoms with E-state index in [1.54, 1.807) is 6.07 Å². The Balaban J connectivity index is 1.99. The Bertz CT molecular complexity index is 743. The smallest absolute Gasteiger partial charge is 0.336 e. The molecule has 0 saturated carbocycles. The highest BCUT2D eigenvalue weighted by molar-refractivity contribution is 6.32. The fraction of sp³-hybridized carbons (Fsp3) is 0.500. The van der Waals surface area contributed by atoms with Gasteiger partial charge in [-0.05, 0) is 48.4 Å². The minimum absolute atomic E-state index is 0.290. The van der Waals surface area contributed by atoms with Crippen LogP contribution in [0.5, 0.6) is 0 Å². The van der Waals surface area contributed by atoms with Crippen LogP contribution in [0, 0.1) is 18.8 Å². The van der Waals surface area contributed by atoms with Gasteiger partial charge >= 0.3 is 5.63 Å². The van der Waals surface area contributed by atoms with Gasteiger partial charge in [-0.15, -0.1) is 0 Å². The summed E-state index contributed by atoms with van der Waals surface area (Å²) in [6.07, 6.45) is 1.28. The van der Waals surface area contributed by atoms with Gasteiger partial charge in [0.2, 0.25) is 0 Å². The molecule has 2 atom stereocenters. The van der Waals surface area contributed by atoms with Gasteiger partial charge in [0.15, 0.2) is 0 Å². The number of halogens is 1. The lowest BCUT2D eigenvalue weighted by molar-refractivity contribution is 0.134. The van der Waals surface area contributed by atoms with E-state index in [0.29, 0.717) is 22.4 Å². The molecule has 0 bridgehead atoms. The normalized spacial score (nSPS) is 23.1. The van der Waals surface area contributed by atoms with Crippen molar-refractivity contribution in [3.63, 3.8) is 0 Å². The Morgan fingerprint density at radius 2 is 1.91 bits per heavy atom. The lowest BCUT2D eigenvalue weighted by Crippen LogP contribution is -2.38. The van der Waals surface area contributed by atoms with E-state index in [4.69, 9.17) is 16.0 Å². The second-order valence-corrected chi connectivity index (χ2v) is 7.24. The molecular formula is C18H22ClNO2. The Labute approximate surface area is 135 Å². The van der Waals surface area contributed by atoms with E-state index < -0.39 is 0 Å². The molecule has 2 heterocycles. The van der Waals surface area contributed by atoms with Crippen LogP contribution in [0.1, 0.15) is 31.4 Å². The number of aryl methyl sites for hydroxylation is 1. The number of piperidine rings is 1. The molecule has 118 valence electrons. The summed E-state index contributed by atoms with van der Waals surface area (Å²) in [5.41, 5.74) is 2.27. The number of fused-ring (bicyclic) bond motifs is 1. The Hall–Kier alpha value is -1.32. The van der Waals surface area contributed by atoms with Crippen molar-refractivity contribution in [1.82, 2.24) is 4.90 Å². The van der Waals surface area contributed by atoms with E-state index in [2.05, 4.69) is 18.7 Å². The molecule has 1 aliphatic heterocycles. The van der Waals surface area contributed by atoms with E-state index in [1.165, 1.54) is 6.42 Å². The molecule has 0 N–H and O–H groups in total. The number of likely N-dealkylation sites (tertiary alicyclic amines) is 1. The van der Waals surface area contributed by atoms with Crippen LogP contribution in [0.4, 0.5) is 0 Å². The molecule has 1 aromatic carbocycles. The highest BCUT2D eigenvalue weighted by atomic mass is 35.5. The molecular weight excluding hydrogens is 298 g/mol. The third-order valence-electron chi connectivity index (χ3n) is 4.45. The van der Waals surface area contributed by atoms with Gasteiger partial charge in [-0.2, -0.15) is 0 Å². The number of benzene rings is 1. The molecule has 1 saturated heterocycles. The van der Waals surface area contributed by atoms with Crippen LogP contribution in [-0.2, 0) is 6.54 Å². The summed E-state index contributed by atoms with van der Waals surface area (Å²) in [7, 11) is 0. The number of rotatable bonds is 2. The van der Waals surface area contributed by atoms with Crippen molar-refractivity contribution in [3.05, 3.63) is 44.8 Å². The van der Waals surface area contributed by atoms with Crippen molar-refractivity contribution in [2.24, 2.45) is 11.8 Å². The average molecular weight is 320 g/mol. The fourth-order valence-corrected chi connectivity index (χ4v) is 3.80. The number of hydrogen-bond acceptors (Lipinski definition) is 3. The molecule has 0 unspecified atom stereocenters. The molecule has 0 spiro atoms. The molecule has 0 amide bonds. The predicted octanol–water partition coefficient (Wildman–Crippen LogP) is 4.23. The third kappa shape index (κ3) is 3.21. The van der Waals surface area contributed by atoms with Crippen LogP contribution in [0.3, 0.4) is 0 Å². The van der Waals surface area contributed by atoms with Crippen molar-refractivity contribution in [2.45, 2.75) is 33.7 Å². The number of nitrogens with zero attached hydrogens (tertiary/aromatic N) is 1. The summed E-state index contributed by atoms with van der Waals surface area (Å²) in [4.78, 5) is 14.3. The monoisotopic (exact) mass is 319 g/mol. The molecule has 1 aromatic heterocycles. The van der Waals surface area contributed by atoms with Crippen LogP contribution >= 0.6 is 11.6 Å². The van der Waals surface area contributed by atoms with E-state index in [9.17, 15) is 4.79 Å². The molecule has 3 nitrogen and oxygen atoms in total. The minimum atomic E-state index is -0.290. The standard InChI is InChI=1S/C18H22ClNO2/c1-11-4-12(2)9-20(8-11)10-14-6-18(21)22-17-5-13(3)16(19)7-15(14)17/h5-7,11-12H,4,8-10H2,1-3H3/t11-,12-/m1/s1. The lowest BCUT2D eigenvalue weighted by Gasteiger charge is -2.35. The first-order valence-electron chi connectivity index (χ1n) is 7.87. The van der Waals surface area contributed by atoms with Crippen molar-refractivity contribution in [1.29, 1.82) is 0 Å². The lowest BCUT2D eigenvalue weighted by atomic mass is 9.91. The van der Waals surface area contributed by atoms with Gasteiger partial charge in [0.05, 0.1) is 0 Å². The van der Waals surface area contributed by atoms with Gasteiger partial charge in [-0.3, -0.25) is 4.90 Å². The molecule has 4 heteroatoms. The first-order chi connectivity index (χ1) is 10.4. The van der Waals surface area contributed by atoms with Crippen molar-refractivity contribution in [3.8, 4) is 0 Å². The van der Waals surface area contributed by atoms with Crippen molar-refractivity contribution >= 4 is 22.6 Å². The maximum absolute atomic E-state index is 11.9. The molecule has 0 radical (unpaired) electrons. The van der Waals surface area contributed by atoms with Crippen molar-refractivity contribution in [2.75, 3.05) is 13.1 Å². The highest BCUT2D eigenvalue weighted by Crippen LogP contribution is 2.28. The van der Waals surface area contributed by atoms with Crippen LogP contribution in [0.25, 0.3) is 11.0 Å². The summed E-state index contributed by atoms with van der Waals surface area (Å²) in [5.74, 6) is 1.39. The topological polar surface area (TPSA) is 33.5 Å². The highest BCUT2D eigenvalue weighted by Gasteiger charge is 2.22. The van der Waals surface area contributed by atoms with E-state index in [-0.39, 0.29) is 5.63 Å². The van der Waals surface area contributed by atoms with Crippen LogP contribution in [0.15, 0.2) is 27.4 Å². The Kier molecular flexibility index (Phi) is 4.28. The minimum Gasteiger partial charge on any atom is -0.423 e. The second-order valence-electron chi connectivity index (χ2n) is 6.83. The van der Waals surface area contributed by atoms with E-state index in [1.807, 2.05) is 19.1 Å². The van der Waals surface area contributed by atoms with Gasteiger partial charge < -0.3 is 4.42 Å². The maximum atomic E-state index is 11.9. The summed E-state index contributed by atoms with van der Waals surface area (Å²) < 4.78 is 5.34. The number of hydrogen-bond donors (Lipinski definition) is 0. The van der Waals surface area contributed by atoms with Crippen LogP contribution in [-0.4, -0.2) is 18.0 Å². The molecule has 0 aliphatic carbocycles. The quantitative estimate of drug-likeness (QED) is 0.777. The Morgan fingerprint density at radius 3 is 2.59 bits per heavy atom. The van der Waals surface area contributed by atoms with E-state index in [0.717, 1.165) is 36.1 Å². The first kappa shape index (κ1) is 15.6. The zero-order valence-corrected chi connectivity index (χ0v) is 14.1. The molecule has 2 aromatic rings. The first-order valence-corrected chi connectivity index (χ1v) is 8.25. The van der Waals surface area contributed by atoms with E-state index >= 15 is 0 Å². The Morgan fingerprint density at radius 1 is 1.23 bits per heavy atom. The molecule has 3 rings (SSSR count). The molecule has 1 fully saturated rings. The van der Waals surface area contributed by atoms with Gasteiger partial charge in [0, 0.05) is 36.1 Å². The van der Waals surface area contributed by atoms with Gasteiger partial charge in [0.1, 0.15) is 5.58 Å². The van der Waals surface area contributed by atoms with Crippen molar-refractivity contribution < 1.29 is 4.42 Å². The molecule has 22 heavy (non-hydrogen) atoms. The zero-order chi connectivity index (χ0) is 15.9. The van der Waals surface area contributed by atoms with Gasteiger partial charge in [-0.25, -0.2) is 4.79 Å². The summed E-state index contributed by atoms with van der Waals surface area (Å²) >= 11 is 6.26. The maximum Gasteiger partial charge on any atom is 0.336 e. The molecule has 1 aliphatic rings.